The summed E-state index contributed by atoms with van der Waals surface area (Å²) in [4.78, 5) is 13.4. The van der Waals surface area contributed by atoms with Crippen molar-refractivity contribution in [3.05, 3.63) is 52.9 Å². The Morgan fingerprint density at radius 2 is 1.71 bits per heavy atom. The standard InChI is InChI=1S/C17H24N4/c1-12(11-18-4)9-16-13(2)20-17(21-14(16)3)10-15-5-7-19-8-6-15/h5-8,12,18H,9-11H2,1-4H3. The van der Waals surface area contributed by atoms with Gasteiger partial charge in [-0.1, -0.05) is 6.92 Å². The van der Waals surface area contributed by atoms with Gasteiger partial charge >= 0.3 is 0 Å². The third kappa shape index (κ3) is 4.33. The number of pyridine rings is 1. The summed E-state index contributed by atoms with van der Waals surface area (Å²) in [5.41, 5.74) is 4.69. The van der Waals surface area contributed by atoms with E-state index in [0.29, 0.717) is 5.92 Å². The number of hydrogen-bond donors (Lipinski definition) is 1. The molecule has 2 heterocycles. The van der Waals surface area contributed by atoms with Gasteiger partial charge in [0.2, 0.25) is 0 Å². The molecule has 4 nitrogen and oxygen atoms in total. The number of aromatic nitrogens is 3. The van der Waals surface area contributed by atoms with Crippen molar-refractivity contribution in [3.63, 3.8) is 0 Å². The predicted molar refractivity (Wildman–Crippen MR) is 85.3 cm³/mol. The van der Waals surface area contributed by atoms with E-state index in [1.165, 1.54) is 11.1 Å². The summed E-state index contributed by atoms with van der Waals surface area (Å²) in [5.74, 6) is 1.48. The maximum Gasteiger partial charge on any atom is 0.133 e. The molecule has 0 aliphatic heterocycles. The zero-order valence-corrected chi connectivity index (χ0v) is 13.3. The fraction of sp³-hybridized carbons (Fsp3) is 0.471. The van der Waals surface area contributed by atoms with Crippen LogP contribution in [0.1, 0.15) is 35.3 Å². The number of nitrogens with one attached hydrogen (secondary N) is 1. The average Bonchev–Trinajstić information content (AvgIpc) is 2.44. The summed E-state index contributed by atoms with van der Waals surface area (Å²) in [6.07, 6.45) is 5.40. The van der Waals surface area contributed by atoms with E-state index in [-0.39, 0.29) is 0 Å². The number of aryl methyl sites for hydroxylation is 2. The van der Waals surface area contributed by atoms with Crippen molar-refractivity contribution in [2.75, 3.05) is 13.6 Å². The predicted octanol–water partition coefficient (Wildman–Crippen LogP) is 2.48. The number of rotatable bonds is 6. The molecule has 0 amide bonds. The Morgan fingerprint density at radius 3 is 2.29 bits per heavy atom. The SMILES string of the molecule is CNCC(C)Cc1c(C)nc(Cc2ccncc2)nc1C. The minimum atomic E-state index is 0.585. The summed E-state index contributed by atoms with van der Waals surface area (Å²) in [6.45, 7) is 7.44. The van der Waals surface area contributed by atoms with Crippen molar-refractivity contribution in [3.8, 4) is 0 Å². The van der Waals surface area contributed by atoms with Crippen LogP contribution < -0.4 is 5.32 Å². The molecule has 0 aliphatic rings. The molecule has 112 valence electrons. The molecule has 4 heteroatoms. The third-order valence-electron chi connectivity index (χ3n) is 3.68. The zero-order valence-electron chi connectivity index (χ0n) is 13.3. The van der Waals surface area contributed by atoms with Crippen LogP contribution >= 0.6 is 0 Å². The maximum atomic E-state index is 4.69. The lowest BCUT2D eigenvalue weighted by Crippen LogP contribution is -2.19. The first kappa shape index (κ1) is 15.6. The number of nitrogens with zero attached hydrogens (tertiary/aromatic N) is 3. The van der Waals surface area contributed by atoms with Gasteiger partial charge in [0.05, 0.1) is 0 Å². The largest absolute Gasteiger partial charge is 0.319 e. The molecule has 0 fully saturated rings. The summed E-state index contributed by atoms with van der Waals surface area (Å²) >= 11 is 0. The first-order chi connectivity index (χ1) is 10.1. The Hall–Kier alpha value is -1.81. The van der Waals surface area contributed by atoms with Crippen molar-refractivity contribution in [1.82, 2.24) is 20.3 Å². The van der Waals surface area contributed by atoms with E-state index in [2.05, 4.69) is 31.1 Å². The smallest absolute Gasteiger partial charge is 0.133 e. The molecule has 2 rings (SSSR count). The van der Waals surface area contributed by atoms with Crippen LogP contribution in [0.15, 0.2) is 24.5 Å². The van der Waals surface area contributed by atoms with Gasteiger partial charge in [-0.3, -0.25) is 4.98 Å². The molecule has 0 aliphatic carbocycles. The highest BCUT2D eigenvalue weighted by Crippen LogP contribution is 2.16. The minimum Gasteiger partial charge on any atom is -0.319 e. The van der Waals surface area contributed by atoms with Gasteiger partial charge in [0.25, 0.3) is 0 Å². The highest BCUT2D eigenvalue weighted by Gasteiger charge is 2.12. The van der Waals surface area contributed by atoms with Gasteiger partial charge < -0.3 is 5.32 Å². The lowest BCUT2D eigenvalue weighted by atomic mass is 9.98. The fourth-order valence-corrected chi connectivity index (χ4v) is 2.64. The van der Waals surface area contributed by atoms with E-state index >= 15 is 0 Å². The fourth-order valence-electron chi connectivity index (χ4n) is 2.64. The van der Waals surface area contributed by atoms with E-state index in [1.54, 1.807) is 0 Å². The van der Waals surface area contributed by atoms with E-state index in [0.717, 1.165) is 36.6 Å². The van der Waals surface area contributed by atoms with Gasteiger partial charge in [0.1, 0.15) is 5.82 Å². The Balaban J connectivity index is 2.17. The van der Waals surface area contributed by atoms with E-state index in [1.807, 2.05) is 31.6 Å². The van der Waals surface area contributed by atoms with Crippen LogP contribution in [0, 0.1) is 19.8 Å². The molecule has 0 bridgehead atoms. The van der Waals surface area contributed by atoms with Crippen LogP contribution in [0.4, 0.5) is 0 Å². The summed E-state index contributed by atoms with van der Waals surface area (Å²) in [6, 6.07) is 4.02. The molecular formula is C17H24N4. The van der Waals surface area contributed by atoms with Gasteiger partial charge in [0, 0.05) is 30.2 Å². The second-order valence-corrected chi connectivity index (χ2v) is 5.69. The molecule has 0 saturated heterocycles. The van der Waals surface area contributed by atoms with Crippen molar-refractivity contribution in [1.29, 1.82) is 0 Å². The molecule has 1 N–H and O–H groups in total. The summed E-state index contributed by atoms with van der Waals surface area (Å²) < 4.78 is 0. The van der Waals surface area contributed by atoms with Gasteiger partial charge in [-0.05, 0) is 63.0 Å². The highest BCUT2D eigenvalue weighted by atomic mass is 14.9. The molecule has 2 aromatic heterocycles. The van der Waals surface area contributed by atoms with Crippen molar-refractivity contribution in [2.45, 2.75) is 33.6 Å². The number of hydrogen-bond acceptors (Lipinski definition) is 4. The van der Waals surface area contributed by atoms with Crippen LogP contribution in [-0.2, 0) is 12.8 Å². The average molecular weight is 284 g/mol. The Bertz CT molecular complexity index is 558. The molecule has 1 unspecified atom stereocenters. The zero-order chi connectivity index (χ0) is 15.2. The molecular weight excluding hydrogens is 260 g/mol. The van der Waals surface area contributed by atoms with Crippen LogP contribution in [0.25, 0.3) is 0 Å². The minimum absolute atomic E-state index is 0.585. The van der Waals surface area contributed by atoms with Gasteiger partial charge in [0.15, 0.2) is 0 Å². The van der Waals surface area contributed by atoms with Gasteiger partial charge in [-0.2, -0.15) is 0 Å². The van der Waals surface area contributed by atoms with E-state index in [4.69, 9.17) is 9.97 Å². The van der Waals surface area contributed by atoms with Crippen LogP contribution in [0.3, 0.4) is 0 Å². The second kappa shape index (κ2) is 7.27. The molecule has 0 radical (unpaired) electrons. The van der Waals surface area contributed by atoms with Crippen LogP contribution in [0.2, 0.25) is 0 Å². The Labute approximate surface area is 127 Å². The molecule has 1 atom stereocenters. The topological polar surface area (TPSA) is 50.7 Å². The normalized spacial score (nSPS) is 12.4. The van der Waals surface area contributed by atoms with Gasteiger partial charge in [-0.25, -0.2) is 9.97 Å². The highest BCUT2D eigenvalue weighted by molar-refractivity contribution is 5.26. The lowest BCUT2D eigenvalue weighted by molar-refractivity contribution is 0.536. The lowest BCUT2D eigenvalue weighted by Gasteiger charge is -2.15. The first-order valence-corrected chi connectivity index (χ1v) is 7.46. The third-order valence-corrected chi connectivity index (χ3v) is 3.68. The second-order valence-electron chi connectivity index (χ2n) is 5.69. The quantitative estimate of drug-likeness (QED) is 0.885. The monoisotopic (exact) mass is 284 g/mol. The van der Waals surface area contributed by atoms with E-state index in [9.17, 15) is 0 Å². The molecule has 2 aromatic rings. The Morgan fingerprint density at radius 1 is 1.10 bits per heavy atom. The summed E-state index contributed by atoms with van der Waals surface area (Å²) in [5, 5.41) is 3.22. The maximum absolute atomic E-state index is 4.69. The van der Waals surface area contributed by atoms with Crippen LogP contribution in [-0.4, -0.2) is 28.5 Å². The summed E-state index contributed by atoms with van der Waals surface area (Å²) in [7, 11) is 1.99. The van der Waals surface area contributed by atoms with Crippen molar-refractivity contribution in [2.24, 2.45) is 5.92 Å². The van der Waals surface area contributed by atoms with Crippen molar-refractivity contribution >= 4 is 0 Å². The Kier molecular flexibility index (Phi) is 5.39. The molecule has 21 heavy (non-hydrogen) atoms. The molecule has 0 spiro atoms. The van der Waals surface area contributed by atoms with Crippen LogP contribution in [0.5, 0.6) is 0 Å². The first-order valence-electron chi connectivity index (χ1n) is 7.46. The molecule has 0 aromatic carbocycles. The molecule has 0 saturated carbocycles. The van der Waals surface area contributed by atoms with Crippen molar-refractivity contribution < 1.29 is 0 Å². The van der Waals surface area contributed by atoms with E-state index < -0.39 is 0 Å². The van der Waals surface area contributed by atoms with Gasteiger partial charge in [-0.15, -0.1) is 0 Å².